The second-order valence-corrected chi connectivity index (χ2v) is 3.89. The first-order chi connectivity index (χ1) is 9.11. The van der Waals surface area contributed by atoms with E-state index in [9.17, 15) is 4.79 Å². The third-order valence-electron chi connectivity index (χ3n) is 2.58. The number of rotatable bonds is 3. The molecule has 2 aromatic rings. The summed E-state index contributed by atoms with van der Waals surface area (Å²) in [5, 5.41) is 11.8. The summed E-state index contributed by atoms with van der Waals surface area (Å²) in [7, 11) is 1.54. The van der Waals surface area contributed by atoms with Crippen molar-refractivity contribution in [3.63, 3.8) is 0 Å². The molecule has 0 saturated carbocycles. The first-order valence-corrected chi connectivity index (χ1v) is 5.63. The number of nitrogens with zero attached hydrogens (tertiary/aromatic N) is 1. The van der Waals surface area contributed by atoms with E-state index < -0.39 is 6.03 Å². The Morgan fingerprint density at radius 2 is 2.11 bits per heavy atom. The van der Waals surface area contributed by atoms with Crippen LogP contribution in [0.25, 0.3) is 0 Å². The van der Waals surface area contributed by atoms with Crippen molar-refractivity contribution in [2.24, 2.45) is 0 Å². The fraction of sp³-hybridized carbons (Fsp3) is 0.167. The Morgan fingerprint density at radius 1 is 1.37 bits per heavy atom. The van der Waals surface area contributed by atoms with Crippen LogP contribution in [0.2, 0.25) is 0 Å². The predicted octanol–water partition coefficient (Wildman–Crippen LogP) is 1.95. The van der Waals surface area contributed by atoms with Crippen molar-refractivity contribution in [2.45, 2.75) is 6.92 Å². The maximum atomic E-state index is 11.8. The molecule has 0 atom stereocenters. The summed E-state index contributed by atoms with van der Waals surface area (Å²) < 4.78 is 5.14. The lowest BCUT2D eigenvalue weighted by molar-refractivity contribution is 0.262. The van der Waals surface area contributed by atoms with E-state index in [1.807, 2.05) is 6.07 Å². The number of amides is 2. The van der Waals surface area contributed by atoms with Gasteiger partial charge in [0.05, 0.1) is 24.2 Å². The molecule has 7 heteroatoms. The Kier molecular flexibility index (Phi) is 3.56. The molecule has 0 unspecified atom stereocenters. The number of urea groups is 1. The van der Waals surface area contributed by atoms with E-state index in [0.717, 1.165) is 0 Å². The van der Waals surface area contributed by atoms with Crippen LogP contribution < -0.4 is 21.1 Å². The van der Waals surface area contributed by atoms with Crippen molar-refractivity contribution >= 4 is 23.2 Å². The highest BCUT2D eigenvalue weighted by Crippen LogP contribution is 2.23. The van der Waals surface area contributed by atoms with Gasteiger partial charge in [-0.2, -0.15) is 5.10 Å². The lowest BCUT2D eigenvalue weighted by Crippen LogP contribution is -2.20. The van der Waals surface area contributed by atoms with Crippen molar-refractivity contribution in [1.29, 1.82) is 0 Å². The van der Waals surface area contributed by atoms with Crippen molar-refractivity contribution in [1.82, 2.24) is 10.2 Å². The van der Waals surface area contributed by atoms with Gasteiger partial charge in [-0.05, 0) is 19.1 Å². The summed E-state index contributed by atoms with van der Waals surface area (Å²) in [6, 6.07) is 6.66. The lowest BCUT2D eigenvalue weighted by Gasteiger charge is -2.10. The van der Waals surface area contributed by atoms with Crippen molar-refractivity contribution in [3.8, 4) is 5.75 Å². The average molecular weight is 261 g/mol. The smallest absolute Gasteiger partial charge is 0.325 e. The van der Waals surface area contributed by atoms with Gasteiger partial charge < -0.3 is 15.8 Å². The van der Waals surface area contributed by atoms with Crippen molar-refractivity contribution in [2.75, 3.05) is 23.5 Å². The van der Waals surface area contributed by atoms with E-state index in [1.54, 1.807) is 25.1 Å². The maximum Gasteiger partial charge on any atom is 0.325 e. The van der Waals surface area contributed by atoms with Crippen LogP contribution in [0.15, 0.2) is 24.3 Å². The van der Waals surface area contributed by atoms with Crippen LogP contribution in [0.1, 0.15) is 5.69 Å². The average Bonchev–Trinajstić information content (AvgIpc) is 2.71. The molecule has 0 spiro atoms. The van der Waals surface area contributed by atoms with Crippen molar-refractivity contribution in [3.05, 3.63) is 30.0 Å². The molecule has 5 N–H and O–H groups in total. The fourth-order valence-corrected chi connectivity index (χ4v) is 1.54. The van der Waals surface area contributed by atoms with E-state index >= 15 is 0 Å². The van der Waals surface area contributed by atoms with Crippen LogP contribution in [0.4, 0.5) is 22.0 Å². The summed E-state index contributed by atoms with van der Waals surface area (Å²) in [6.45, 7) is 1.77. The second-order valence-electron chi connectivity index (χ2n) is 3.89. The number of ether oxygens (including phenoxy) is 1. The summed E-state index contributed by atoms with van der Waals surface area (Å²) >= 11 is 0. The Balaban J connectivity index is 2.07. The topological polar surface area (TPSA) is 105 Å². The molecule has 0 aliphatic heterocycles. The molecule has 1 aromatic carbocycles. The number of H-pyrrole nitrogens is 1. The molecule has 100 valence electrons. The number of nitrogen functional groups attached to an aromatic ring is 1. The van der Waals surface area contributed by atoms with Gasteiger partial charge in [0, 0.05) is 0 Å². The number of anilines is 3. The Bertz CT molecular complexity index is 594. The molecule has 2 amide bonds. The van der Waals surface area contributed by atoms with Crippen LogP contribution in [0.3, 0.4) is 0 Å². The number of benzene rings is 1. The minimum absolute atomic E-state index is 0.296. The van der Waals surface area contributed by atoms with E-state index in [0.29, 0.717) is 28.6 Å². The summed E-state index contributed by atoms with van der Waals surface area (Å²) in [5.41, 5.74) is 7.42. The van der Waals surface area contributed by atoms with Crippen LogP contribution in [0, 0.1) is 6.92 Å². The Labute approximate surface area is 110 Å². The zero-order chi connectivity index (χ0) is 13.8. The van der Waals surface area contributed by atoms with E-state index in [4.69, 9.17) is 10.5 Å². The summed E-state index contributed by atoms with van der Waals surface area (Å²) in [6.07, 6.45) is 0. The molecule has 1 aromatic heterocycles. The monoisotopic (exact) mass is 261 g/mol. The highest BCUT2D eigenvalue weighted by atomic mass is 16.5. The van der Waals surface area contributed by atoms with Crippen LogP contribution in [-0.2, 0) is 0 Å². The largest absolute Gasteiger partial charge is 0.495 e. The van der Waals surface area contributed by atoms with E-state index in [2.05, 4.69) is 20.8 Å². The van der Waals surface area contributed by atoms with Gasteiger partial charge in [0.15, 0.2) is 5.82 Å². The number of hydrogen-bond donors (Lipinski definition) is 4. The van der Waals surface area contributed by atoms with Gasteiger partial charge in [0.2, 0.25) is 0 Å². The van der Waals surface area contributed by atoms with Gasteiger partial charge >= 0.3 is 6.03 Å². The molecule has 1 heterocycles. The third kappa shape index (κ3) is 2.76. The Morgan fingerprint density at radius 3 is 2.74 bits per heavy atom. The molecule has 0 fully saturated rings. The minimum atomic E-state index is -0.442. The number of aromatic amines is 1. The molecule has 0 aliphatic carbocycles. The number of nitrogens with two attached hydrogens (primary N) is 1. The molecule has 0 aliphatic rings. The van der Waals surface area contributed by atoms with E-state index in [1.165, 1.54) is 7.11 Å². The number of carbonyl (C=O) groups excluding carboxylic acids is 1. The Hall–Kier alpha value is -2.70. The molecule has 2 rings (SSSR count). The lowest BCUT2D eigenvalue weighted by atomic mass is 10.3. The first kappa shape index (κ1) is 12.7. The number of aryl methyl sites for hydroxylation is 1. The van der Waals surface area contributed by atoms with E-state index in [-0.39, 0.29) is 0 Å². The third-order valence-corrected chi connectivity index (χ3v) is 2.58. The molecular weight excluding hydrogens is 246 g/mol. The van der Waals surface area contributed by atoms with Crippen LogP contribution >= 0.6 is 0 Å². The SMILES string of the molecule is COc1ccccc1NC(=O)Nc1n[nH]c(C)c1N. The fourth-order valence-electron chi connectivity index (χ4n) is 1.54. The van der Waals surface area contributed by atoms with Gasteiger partial charge in [-0.1, -0.05) is 12.1 Å². The number of methoxy groups -OCH3 is 1. The number of aromatic nitrogens is 2. The van der Waals surface area contributed by atoms with Gasteiger partial charge in [0.25, 0.3) is 0 Å². The molecular formula is C12H15N5O2. The number of nitrogens with one attached hydrogen (secondary N) is 3. The molecule has 0 bridgehead atoms. The maximum absolute atomic E-state index is 11.8. The van der Waals surface area contributed by atoms with Crippen LogP contribution in [-0.4, -0.2) is 23.3 Å². The molecule has 19 heavy (non-hydrogen) atoms. The predicted molar refractivity (Wildman–Crippen MR) is 73.4 cm³/mol. The standard InChI is InChI=1S/C12H15N5O2/c1-7-10(13)11(17-16-7)15-12(18)14-8-5-3-4-6-9(8)19-2/h3-6H,13H2,1-2H3,(H3,14,15,16,17,18). The number of hydrogen-bond acceptors (Lipinski definition) is 4. The van der Waals surface area contributed by atoms with Gasteiger partial charge in [0.1, 0.15) is 5.75 Å². The second kappa shape index (κ2) is 5.30. The first-order valence-electron chi connectivity index (χ1n) is 5.63. The molecule has 0 radical (unpaired) electrons. The van der Waals surface area contributed by atoms with Gasteiger partial charge in [-0.15, -0.1) is 0 Å². The molecule has 0 saturated heterocycles. The van der Waals surface area contributed by atoms with Gasteiger partial charge in [-0.25, -0.2) is 4.79 Å². The zero-order valence-corrected chi connectivity index (χ0v) is 10.7. The highest BCUT2D eigenvalue weighted by molar-refractivity contribution is 6.01. The summed E-state index contributed by atoms with van der Waals surface area (Å²) in [4.78, 5) is 11.8. The number of para-hydroxylation sites is 2. The minimum Gasteiger partial charge on any atom is -0.495 e. The normalized spacial score (nSPS) is 10.0. The highest BCUT2D eigenvalue weighted by Gasteiger charge is 2.11. The zero-order valence-electron chi connectivity index (χ0n) is 10.7. The van der Waals surface area contributed by atoms with Gasteiger partial charge in [-0.3, -0.25) is 10.4 Å². The van der Waals surface area contributed by atoms with Crippen LogP contribution in [0.5, 0.6) is 5.75 Å². The number of carbonyl (C=O) groups is 1. The van der Waals surface area contributed by atoms with Crippen molar-refractivity contribution < 1.29 is 9.53 Å². The quantitative estimate of drug-likeness (QED) is 0.677. The molecule has 7 nitrogen and oxygen atoms in total. The summed E-state index contributed by atoms with van der Waals surface area (Å²) in [5.74, 6) is 0.869.